The highest BCUT2D eigenvalue weighted by Gasteiger charge is 2.32. The van der Waals surface area contributed by atoms with Gasteiger partial charge in [0.2, 0.25) is 0 Å². The van der Waals surface area contributed by atoms with Crippen molar-refractivity contribution in [2.24, 2.45) is 0 Å². The fourth-order valence-electron chi connectivity index (χ4n) is 4.44. The van der Waals surface area contributed by atoms with E-state index in [-0.39, 0.29) is 5.92 Å². The van der Waals surface area contributed by atoms with Crippen LogP contribution in [0.1, 0.15) is 42.1 Å². The van der Waals surface area contributed by atoms with E-state index in [1.807, 2.05) is 0 Å². The third-order valence-corrected chi connectivity index (χ3v) is 5.93. The number of benzene rings is 1. The fourth-order valence-corrected chi connectivity index (χ4v) is 4.44. The van der Waals surface area contributed by atoms with Crippen molar-refractivity contribution in [3.8, 4) is 5.69 Å². The van der Waals surface area contributed by atoms with Gasteiger partial charge in [-0.25, -0.2) is 0 Å². The predicted octanol–water partition coefficient (Wildman–Crippen LogP) is 3.66. The Balaban J connectivity index is 1.61. The second-order valence-corrected chi connectivity index (χ2v) is 7.60. The molecule has 2 aliphatic heterocycles. The van der Waals surface area contributed by atoms with E-state index in [9.17, 15) is 4.79 Å². The Morgan fingerprint density at radius 2 is 1.96 bits per heavy atom. The molecule has 0 bridgehead atoms. The van der Waals surface area contributed by atoms with E-state index in [0.29, 0.717) is 18.2 Å². The van der Waals surface area contributed by atoms with Gasteiger partial charge in [0, 0.05) is 41.8 Å². The first-order chi connectivity index (χ1) is 12.0. The fraction of sp³-hybridized carbons (Fsp3) is 0.476. The largest absolute Gasteiger partial charge is 0.384 e. The summed E-state index contributed by atoms with van der Waals surface area (Å²) in [5.74, 6) is 0.364. The molecule has 0 amide bonds. The molecule has 0 aliphatic carbocycles. The van der Waals surface area contributed by atoms with Crippen molar-refractivity contribution in [1.82, 2.24) is 9.47 Å². The topological polar surface area (TPSA) is 37.3 Å². The minimum atomic E-state index is -0.0138. The molecule has 25 heavy (non-hydrogen) atoms. The number of hydrogen-bond acceptors (Lipinski definition) is 3. The van der Waals surface area contributed by atoms with Crippen molar-refractivity contribution < 1.29 is 4.79 Å². The summed E-state index contributed by atoms with van der Waals surface area (Å²) in [7, 11) is 2.14. The molecule has 0 radical (unpaired) electrons. The van der Waals surface area contributed by atoms with Crippen LogP contribution < -0.4 is 5.32 Å². The highest BCUT2D eigenvalue weighted by atomic mass is 16.1. The first kappa shape index (κ1) is 16.4. The highest BCUT2D eigenvalue weighted by molar-refractivity contribution is 5.90. The van der Waals surface area contributed by atoms with Gasteiger partial charge >= 0.3 is 0 Å². The van der Waals surface area contributed by atoms with E-state index in [0.717, 1.165) is 36.4 Å². The number of aryl methyl sites for hydroxylation is 2. The minimum absolute atomic E-state index is 0.0138. The molecular weight excluding hydrogens is 310 g/mol. The summed E-state index contributed by atoms with van der Waals surface area (Å²) < 4.78 is 2.25. The second kappa shape index (κ2) is 6.34. The molecule has 1 N–H and O–H groups in total. The van der Waals surface area contributed by atoms with Gasteiger partial charge in [0.15, 0.2) is 0 Å². The molecule has 3 heterocycles. The quantitative estimate of drug-likeness (QED) is 0.925. The molecule has 0 saturated carbocycles. The summed E-state index contributed by atoms with van der Waals surface area (Å²) in [6.07, 6.45) is 3.04. The Bertz CT molecular complexity index is 788. The van der Waals surface area contributed by atoms with Crippen LogP contribution in [0, 0.1) is 13.8 Å². The van der Waals surface area contributed by atoms with Crippen LogP contribution in [0.5, 0.6) is 0 Å². The molecule has 132 valence electrons. The Kier molecular flexibility index (Phi) is 4.16. The number of hydrogen-bond donors (Lipinski definition) is 1. The number of carbonyl (C=O) groups is 1. The Labute approximate surface area is 149 Å². The zero-order valence-corrected chi connectivity index (χ0v) is 15.4. The van der Waals surface area contributed by atoms with E-state index in [4.69, 9.17) is 0 Å². The Hall–Kier alpha value is -2.07. The van der Waals surface area contributed by atoms with E-state index in [1.54, 1.807) is 0 Å². The van der Waals surface area contributed by atoms with Gasteiger partial charge in [-0.15, -0.1) is 0 Å². The number of Topliss-reactive ketones (excluding diaryl/α,β-unsaturated/α-hetero) is 1. The minimum Gasteiger partial charge on any atom is -0.384 e. The summed E-state index contributed by atoms with van der Waals surface area (Å²) >= 11 is 0. The average Bonchev–Trinajstić information content (AvgIpc) is 3.27. The van der Waals surface area contributed by atoms with Crippen LogP contribution in [0.25, 0.3) is 5.69 Å². The zero-order valence-electron chi connectivity index (χ0n) is 15.4. The van der Waals surface area contributed by atoms with Crippen LogP contribution in [0.3, 0.4) is 0 Å². The lowest BCUT2D eigenvalue weighted by molar-refractivity contribution is -0.121. The molecule has 1 saturated heterocycles. The van der Waals surface area contributed by atoms with Gasteiger partial charge < -0.3 is 14.8 Å². The lowest BCUT2D eigenvalue weighted by Crippen LogP contribution is -2.29. The number of rotatable bonds is 4. The normalized spacial score (nSPS) is 22.8. The molecule has 2 atom stereocenters. The van der Waals surface area contributed by atoms with E-state index in [1.165, 1.54) is 17.8 Å². The Morgan fingerprint density at radius 1 is 1.20 bits per heavy atom. The summed E-state index contributed by atoms with van der Waals surface area (Å²) in [5.41, 5.74) is 5.87. The number of anilines is 1. The van der Waals surface area contributed by atoms with Crippen molar-refractivity contribution in [2.45, 2.75) is 45.1 Å². The summed E-state index contributed by atoms with van der Waals surface area (Å²) in [4.78, 5) is 15.3. The van der Waals surface area contributed by atoms with Crippen LogP contribution in [-0.4, -0.2) is 41.4 Å². The summed E-state index contributed by atoms with van der Waals surface area (Å²) in [6, 6.07) is 11.2. The average molecular weight is 337 g/mol. The molecule has 4 nitrogen and oxygen atoms in total. The molecule has 2 aromatic rings. The van der Waals surface area contributed by atoms with Crippen LogP contribution >= 0.6 is 0 Å². The maximum atomic E-state index is 13.0. The van der Waals surface area contributed by atoms with E-state index < -0.39 is 0 Å². The number of aromatic nitrogens is 1. The second-order valence-electron chi connectivity index (χ2n) is 7.60. The van der Waals surface area contributed by atoms with Gasteiger partial charge in [-0.3, -0.25) is 4.79 Å². The number of likely N-dealkylation sites (tertiary alicyclic amines) is 1. The maximum absolute atomic E-state index is 13.0. The molecule has 4 heteroatoms. The smallest absolute Gasteiger partial charge is 0.143 e. The number of ketones is 1. The van der Waals surface area contributed by atoms with Crippen molar-refractivity contribution in [3.63, 3.8) is 0 Å². The Morgan fingerprint density at radius 3 is 2.64 bits per heavy atom. The SMILES string of the molecule is Cc1ccc(C)n1-c1ccc2c(c1)C(C(=O)C[C@@H]1CCCN1C)CN2. The van der Waals surface area contributed by atoms with E-state index >= 15 is 0 Å². The third-order valence-electron chi connectivity index (χ3n) is 5.93. The molecule has 1 unspecified atom stereocenters. The van der Waals surface area contributed by atoms with Gasteiger partial charge in [-0.05, 0) is 76.2 Å². The molecule has 4 rings (SSSR count). The molecule has 1 aromatic carbocycles. The summed E-state index contributed by atoms with van der Waals surface area (Å²) in [5, 5.41) is 3.43. The highest BCUT2D eigenvalue weighted by Crippen LogP contribution is 2.36. The van der Waals surface area contributed by atoms with Gasteiger partial charge in [-0.2, -0.15) is 0 Å². The zero-order chi connectivity index (χ0) is 17.6. The third kappa shape index (κ3) is 2.89. The standard InChI is InChI=1S/C21H27N3O/c1-14-6-7-15(2)24(14)17-8-9-20-18(11-17)19(13-22-20)21(25)12-16-5-4-10-23(16)3/h6-9,11,16,19,22H,4-5,10,12-13H2,1-3H3/t16-,19?/m0/s1. The monoisotopic (exact) mass is 337 g/mol. The first-order valence-electron chi connectivity index (χ1n) is 9.30. The number of nitrogens with zero attached hydrogens (tertiary/aromatic N) is 2. The summed E-state index contributed by atoms with van der Waals surface area (Å²) in [6.45, 7) is 6.10. The van der Waals surface area contributed by atoms with Crippen LogP contribution in [-0.2, 0) is 4.79 Å². The van der Waals surface area contributed by atoms with Crippen molar-refractivity contribution in [1.29, 1.82) is 0 Å². The molecule has 1 aromatic heterocycles. The van der Waals surface area contributed by atoms with Gasteiger partial charge in [0.1, 0.15) is 5.78 Å². The van der Waals surface area contributed by atoms with E-state index in [2.05, 4.69) is 66.0 Å². The van der Waals surface area contributed by atoms with Crippen LogP contribution in [0.15, 0.2) is 30.3 Å². The van der Waals surface area contributed by atoms with Gasteiger partial charge in [0.05, 0.1) is 5.92 Å². The number of nitrogens with one attached hydrogen (secondary N) is 1. The maximum Gasteiger partial charge on any atom is 0.143 e. The van der Waals surface area contributed by atoms with Gasteiger partial charge in [-0.1, -0.05) is 0 Å². The van der Waals surface area contributed by atoms with Crippen molar-refractivity contribution in [3.05, 3.63) is 47.3 Å². The van der Waals surface area contributed by atoms with Crippen molar-refractivity contribution in [2.75, 3.05) is 25.5 Å². The van der Waals surface area contributed by atoms with Crippen LogP contribution in [0.4, 0.5) is 5.69 Å². The van der Waals surface area contributed by atoms with Crippen molar-refractivity contribution >= 4 is 11.5 Å². The molecule has 0 spiro atoms. The lowest BCUT2D eigenvalue weighted by atomic mass is 9.92. The number of fused-ring (bicyclic) bond motifs is 1. The first-order valence-corrected chi connectivity index (χ1v) is 9.30. The molecule has 1 fully saturated rings. The van der Waals surface area contributed by atoms with Gasteiger partial charge in [0.25, 0.3) is 0 Å². The lowest BCUT2D eigenvalue weighted by Gasteiger charge is -2.20. The predicted molar refractivity (Wildman–Crippen MR) is 102 cm³/mol. The molecule has 2 aliphatic rings. The van der Waals surface area contributed by atoms with Crippen LogP contribution in [0.2, 0.25) is 0 Å². The molecular formula is C21H27N3O. The number of carbonyl (C=O) groups excluding carboxylic acids is 1.